The summed E-state index contributed by atoms with van der Waals surface area (Å²) in [5, 5.41) is 11.6. The summed E-state index contributed by atoms with van der Waals surface area (Å²) < 4.78 is 5.42. The Hall–Kier alpha value is -2.82. The van der Waals surface area contributed by atoms with Crippen molar-refractivity contribution in [1.29, 1.82) is 0 Å². The zero-order chi connectivity index (χ0) is 16.1. The lowest BCUT2D eigenvalue weighted by atomic mass is 10.1. The van der Waals surface area contributed by atoms with E-state index in [1.54, 1.807) is 18.2 Å². The van der Waals surface area contributed by atoms with Crippen LogP contribution in [-0.2, 0) is 4.79 Å². The van der Waals surface area contributed by atoms with Gasteiger partial charge in [0, 0.05) is 0 Å². The normalized spacial score (nSPS) is 10.1. The van der Waals surface area contributed by atoms with E-state index < -0.39 is 11.9 Å². The summed E-state index contributed by atoms with van der Waals surface area (Å²) in [6, 6.07) is 11.8. The van der Waals surface area contributed by atoms with Crippen LogP contribution in [0.4, 0.5) is 5.69 Å². The molecule has 0 saturated heterocycles. The maximum Gasteiger partial charge on any atom is 0.337 e. The number of carbonyl (C=O) groups excluding carboxylic acids is 1. The lowest BCUT2D eigenvalue weighted by Gasteiger charge is -2.10. The lowest BCUT2D eigenvalue weighted by Crippen LogP contribution is -2.21. The van der Waals surface area contributed by atoms with Crippen molar-refractivity contribution in [3.05, 3.63) is 59.2 Å². The van der Waals surface area contributed by atoms with Gasteiger partial charge < -0.3 is 15.2 Å². The Kier molecular flexibility index (Phi) is 4.78. The number of para-hydroxylation sites is 1. The minimum Gasteiger partial charge on any atom is -0.484 e. The molecule has 0 aliphatic heterocycles. The van der Waals surface area contributed by atoms with Crippen LogP contribution in [0.2, 0.25) is 0 Å². The first-order valence-electron chi connectivity index (χ1n) is 6.79. The van der Waals surface area contributed by atoms with Gasteiger partial charge in [0.15, 0.2) is 6.61 Å². The average molecular weight is 299 g/mol. The zero-order valence-corrected chi connectivity index (χ0v) is 12.4. The minimum absolute atomic E-state index is 0.0435. The van der Waals surface area contributed by atoms with Gasteiger partial charge >= 0.3 is 5.97 Å². The molecular weight excluding hydrogens is 282 g/mol. The SMILES string of the molecule is Cc1ccc(OCC(=O)Nc2ccccc2C(=O)O)cc1C. The van der Waals surface area contributed by atoms with Crippen molar-refractivity contribution in [2.24, 2.45) is 0 Å². The molecular formula is C17H17NO4. The van der Waals surface area contributed by atoms with Crippen LogP contribution >= 0.6 is 0 Å². The molecule has 0 unspecified atom stereocenters. The number of nitrogens with one attached hydrogen (secondary N) is 1. The molecule has 2 aromatic carbocycles. The predicted molar refractivity (Wildman–Crippen MR) is 83.4 cm³/mol. The molecule has 0 aliphatic rings. The smallest absolute Gasteiger partial charge is 0.337 e. The molecule has 0 fully saturated rings. The number of hydrogen-bond acceptors (Lipinski definition) is 3. The second-order valence-electron chi connectivity index (χ2n) is 4.93. The number of rotatable bonds is 5. The molecule has 0 atom stereocenters. The summed E-state index contributed by atoms with van der Waals surface area (Å²) in [7, 11) is 0. The number of carboxylic acids is 1. The maximum atomic E-state index is 11.9. The van der Waals surface area contributed by atoms with Gasteiger partial charge in [-0.05, 0) is 49.2 Å². The molecule has 0 aliphatic carbocycles. The van der Waals surface area contributed by atoms with E-state index in [9.17, 15) is 9.59 Å². The summed E-state index contributed by atoms with van der Waals surface area (Å²) in [6.45, 7) is 3.77. The average Bonchev–Trinajstić information content (AvgIpc) is 2.49. The van der Waals surface area contributed by atoms with Gasteiger partial charge in [-0.25, -0.2) is 4.79 Å². The highest BCUT2D eigenvalue weighted by Crippen LogP contribution is 2.17. The Morgan fingerprint density at radius 3 is 2.50 bits per heavy atom. The highest BCUT2D eigenvalue weighted by atomic mass is 16.5. The number of anilines is 1. The second-order valence-corrected chi connectivity index (χ2v) is 4.93. The zero-order valence-electron chi connectivity index (χ0n) is 12.4. The topological polar surface area (TPSA) is 75.6 Å². The van der Waals surface area contributed by atoms with Gasteiger partial charge in [-0.1, -0.05) is 18.2 Å². The Balaban J connectivity index is 1.99. The molecule has 5 heteroatoms. The molecule has 0 radical (unpaired) electrons. The van der Waals surface area contributed by atoms with Gasteiger partial charge in [0.2, 0.25) is 0 Å². The van der Waals surface area contributed by atoms with Gasteiger partial charge in [-0.3, -0.25) is 4.79 Å². The fourth-order valence-electron chi connectivity index (χ4n) is 1.92. The third-order valence-corrected chi connectivity index (χ3v) is 3.28. The van der Waals surface area contributed by atoms with Gasteiger partial charge in [0.25, 0.3) is 5.91 Å². The van der Waals surface area contributed by atoms with E-state index >= 15 is 0 Å². The van der Waals surface area contributed by atoms with Crippen molar-refractivity contribution in [3.8, 4) is 5.75 Å². The van der Waals surface area contributed by atoms with Crippen LogP contribution in [0.3, 0.4) is 0 Å². The van der Waals surface area contributed by atoms with Crippen molar-refractivity contribution < 1.29 is 19.4 Å². The first-order chi connectivity index (χ1) is 10.5. The van der Waals surface area contributed by atoms with Crippen LogP contribution in [-0.4, -0.2) is 23.6 Å². The van der Waals surface area contributed by atoms with Gasteiger partial charge in [-0.2, -0.15) is 0 Å². The molecule has 0 bridgehead atoms. The van der Waals surface area contributed by atoms with Crippen LogP contribution in [0.25, 0.3) is 0 Å². The summed E-state index contributed by atoms with van der Waals surface area (Å²) >= 11 is 0. The molecule has 114 valence electrons. The van der Waals surface area contributed by atoms with Gasteiger partial charge in [0.05, 0.1) is 11.3 Å². The summed E-state index contributed by atoms with van der Waals surface area (Å²) in [4.78, 5) is 23.0. The van der Waals surface area contributed by atoms with E-state index in [1.165, 1.54) is 12.1 Å². The van der Waals surface area contributed by atoms with E-state index in [4.69, 9.17) is 9.84 Å². The minimum atomic E-state index is -1.09. The van der Waals surface area contributed by atoms with E-state index in [2.05, 4.69) is 5.32 Å². The number of carboxylic acid groups (broad SMARTS) is 1. The Morgan fingerprint density at radius 1 is 1.09 bits per heavy atom. The van der Waals surface area contributed by atoms with Crippen LogP contribution < -0.4 is 10.1 Å². The molecule has 0 heterocycles. The third kappa shape index (κ3) is 3.85. The highest BCUT2D eigenvalue weighted by Gasteiger charge is 2.12. The number of aryl methyl sites for hydroxylation is 2. The predicted octanol–water partition coefficient (Wildman–Crippen LogP) is 3.02. The molecule has 5 nitrogen and oxygen atoms in total. The summed E-state index contributed by atoms with van der Waals surface area (Å²) in [5.41, 5.74) is 2.52. The van der Waals surface area contributed by atoms with E-state index in [1.807, 2.05) is 26.0 Å². The fourth-order valence-corrected chi connectivity index (χ4v) is 1.92. The quantitative estimate of drug-likeness (QED) is 0.890. The second kappa shape index (κ2) is 6.76. The number of carbonyl (C=O) groups is 2. The number of ether oxygens (including phenoxy) is 1. The molecule has 0 aromatic heterocycles. The Morgan fingerprint density at radius 2 is 1.82 bits per heavy atom. The van der Waals surface area contributed by atoms with Crippen LogP contribution in [0.1, 0.15) is 21.5 Å². The fraction of sp³-hybridized carbons (Fsp3) is 0.176. The van der Waals surface area contributed by atoms with Crippen molar-refractivity contribution in [2.75, 3.05) is 11.9 Å². The van der Waals surface area contributed by atoms with Crippen molar-refractivity contribution >= 4 is 17.6 Å². The van der Waals surface area contributed by atoms with Crippen molar-refractivity contribution in [1.82, 2.24) is 0 Å². The third-order valence-electron chi connectivity index (χ3n) is 3.28. The highest BCUT2D eigenvalue weighted by molar-refractivity contribution is 6.00. The summed E-state index contributed by atoms with van der Waals surface area (Å²) in [6.07, 6.45) is 0. The van der Waals surface area contributed by atoms with Crippen LogP contribution in [0.15, 0.2) is 42.5 Å². The van der Waals surface area contributed by atoms with Gasteiger partial charge in [-0.15, -0.1) is 0 Å². The molecule has 2 aromatic rings. The standard InChI is InChI=1S/C17H17NO4/c1-11-7-8-13(9-12(11)2)22-10-16(19)18-15-6-4-3-5-14(15)17(20)21/h3-9H,10H2,1-2H3,(H,18,19)(H,20,21). The number of benzene rings is 2. The van der Waals surface area contributed by atoms with E-state index in [0.717, 1.165) is 11.1 Å². The molecule has 0 saturated carbocycles. The molecule has 22 heavy (non-hydrogen) atoms. The number of hydrogen-bond donors (Lipinski definition) is 2. The van der Waals surface area contributed by atoms with Crippen molar-refractivity contribution in [2.45, 2.75) is 13.8 Å². The monoisotopic (exact) mass is 299 g/mol. The van der Waals surface area contributed by atoms with Crippen LogP contribution in [0, 0.1) is 13.8 Å². The first-order valence-corrected chi connectivity index (χ1v) is 6.79. The lowest BCUT2D eigenvalue weighted by molar-refractivity contribution is -0.118. The maximum absolute atomic E-state index is 11.9. The molecule has 0 spiro atoms. The largest absolute Gasteiger partial charge is 0.484 e. The van der Waals surface area contributed by atoms with E-state index in [-0.39, 0.29) is 17.9 Å². The Labute approximate surface area is 128 Å². The van der Waals surface area contributed by atoms with Crippen molar-refractivity contribution in [3.63, 3.8) is 0 Å². The first kappa shape index (κ1) is 15.6. The summed E-state index contributed by atoms with van der Waals surface area (Å²) in [5.74, 6) is -0.900. The Bertz CT molecular complexity index is 710. The van der Waals surface area contributed by atoms with E-state index in [0.29, 0.717) is 5.75 Å². The molecule has 1 amide bonds. The number of aromatic carboxylic acids is 1. The molecule has 2 rings (SSSR count). The number of amides is 1. The molecule has 2 N–H and O–H groups in total. The van der Waals surface area contributed by atoms with Gasteiger partial charge in [0.1, 0.15) is 5.75 Å². The van der Waals surface area contributed by atoms with Crippen LogP contribution in [0.5, 0.6) is 5.75 Å².